The van der Waals surface area contributed by atoms with Crippen molar-refractivity contribution < 1.29 is 13.9 Å². The molecule has 0 amide bonds. The van der Waals surface area contributed by atoms with E-state index in [0.717, 1.165) is 5.56 Å². The molecule has 0 unspecified atom stereocenters. The molecule has 4 heteroatoms. The van der Waals surface area contributed by atoms with E-state index < -0.39 is 18.1 Å². The van der Waals surface area contributed by atoms with Crippen molar-refractivity contribution >= 4 is 0 Å². The zero-order valence-electron chi connectivity index (χ0n) is 10.4. The number of aliphatic hydroxyl groups excluding tert-OH is 1. The zero-order chi connectivity index (χ0) is 13.2. The van der Waals surface area contributed by atoms with Gasteiger partial charge >= 0.3 is 0 Å². The van der Waals surface area contributed by atoms with Gasteiger partial charge in [0.25, 0.3) is 5.92 Å². The summed E-state index contributed by atoms with van der Waals surface area (Å²) in [6.07, 6.45) is -0.763. The van der Waals surface area contributed by atoms with Crippen LogP contribution >= 0.6 is 0 Å². The minimum Gasteiger partial charge on any atom is -0.385 e. The molecule has 1 aliphatic rings. The van der Waals surface area contributed by atoms with Crippen LogP contribution in [0.25, 0.3) is 0 Å². The summed E-state index contributed by atoms with van der Waals surface area (Å²) in [7, 11) is 0. The molecule has 2 rings (SSSR count). The van der Waals surface area contributed by atoms with Gasteiger partial charge in [-0.05, 0) is 25.3 Å². The molecule has 18 heavy (non-hydrogen) atoms. The Morgan fingerprint density at radius 3 is 2.67 bits per heavy atom. The van der Waals surface area contributed by atoms with E-state index in [0.29, 0.717) is 12.8 Å². The maximum absolute atomic E-state index is 13.4. The van der Waals surface area contributed by atoms with Gasteiger partial charge in [-0.3, -0.25) is 0 Å². The van der Waals surface area contributed by atoms with Gasteiger partial charge in [-0.2, -0.15) is 0 Å². The van der Waals surface area contributed by atoms with Gasteiger partial charge in [0.15, 0.2) is 0 Å². The summed E-state index contributed by atoms with van der Waals surface area (Å²) in [5, 5.41) is 12.8. The fourth-order valence-electron chi connectivity index (χ4n) is 2.49. The summed E-state index contributed by atoms with van der Waals surface area (Å²) < 4.78 is 26.8. The maximum atomic E-state index is 13.4. The van der Waals surface area contributed by atoms with Crippen LogP contribution in [0.1, 0.15) is 37.8 Å². The quantitative estimate of drug-likeness (QED) is 0.870. The van der Waals surface area contributed by atoms with E-state index in [1.165, 1.54) is 0 Å². The summed E-state index contributed by atoms with van der Waals surface area (Å²) in [6, 6.07) is 9.07. The van der Waals surface area contributed by atoms with Crippen LogP contribution in [0.3, 0.4) is 0 Å². The number of alkyl halides is 2. The molecule has 0 aliphatic heterocycles. The third-order valence-electron chi connectivity index (χ3n) is 3.60. The second-order valence-corrected chi connectivity index (χ2v) is 5.00. The molecule has 1 fully saturated rings. The molecule has 1 aromatic rings. The van der Waals surface area contributed by atoms with E-state index in [1.807, 2.05) is 37.3 Å². The lowest BCUT2D eigenvalue weighted by molar-refractivity contribution is -0.144. The molecular formula is C14H19F2NO. The van der Waals surface area contributed by atoms with Crippen LogP contribution in [0.2, 0.25) is 0 Å². The second kappa shape index (κ2) is 5.33. The molecule has 0 bridgehead atoms. The predicted octanol–water partition coefficient (Wildman–Crippen LogP) is 2.89. The summed E-state index contributed by atoms with van der Waals surface area (Å²) in [5.41, 5.74) is 1.04. The molecule has 0 spiro atoms. The molecule has 2 nitrogen and oxygen atoms in total. The first kappa shape index (κ1) is 13.4. The summed E-state index contributed by atoms with van der Waals surface area (Å²) in [5.74, 6) is -2.97. The molecule has 1 aliphatic carbocycles. The van der Waals surface area contributed by atoms with Gasteiger partial charge in [0.1, 0.15) is 6.10 Å². The monoisotopic (exact) mass is 255 g/mol. The van der Waals surface area contributed by atoms with Crippen LogP contribution in [0.4, 0.5) is 8.78 Å². The van der Waals surface area contributed by atoms with Gasteiger partial charge in [-0.15, -0.1) is 0 Å². The fourth-order valence-corrected chi connectivity index (χ4v) is 2.49. The lowest BCUT2D eigenvalue weighted by atomic mass is 9.88. The van der Waals surface area contributed by atoms with Gasteiger partial charge in [-0.1, -0.05) is 30.3 Å². The Hall–Kier alpha value is -1.00. The van der Waals surface area contributed by atoms with Crippen molar-refractivity contribution in [2.45, 2.75) is 50.3 Å². The molecule has 0 aromatic heterocycles. The maximum Gasteiger partial charge on any atom is 0.274 e. The number of aliphatic hydroxyl groups is 1. The Balaban J connectivity index is 2.01. The number of hydrogen-bond donors (Lipinski definition) is 2. The number of halogens is 2. The van der Waals surface area contributed by atoms with Gasteiger partial charge in [-0.25, -0.2) is 8.78 Å². The van der Waals surface area contributed by atoms with Crippen LogP contribution in [0, 0.1) is 0 Å². The molecule has 1 aromatic carbocycles. The molecule has 0 saturated heterocycles. The van der Waals surface area contributed by atoms with E-state index in [2.05, 4.69) is 5.32 Å². The van der Waals surface area contributed by atoms with Crippen molar-refractivity contribution in [3.63, 3.8) is 0 Å². The third kappa shape index (κ3) is 2.87. The molecule has 1 saturated carbocycles. The Kier molecular flexibility index (Phi) is 3.97. The average Bonchev–Trinajstić information content (AvgIpc) is 2.36. The van der Waals surface area contributed by atoms with E-state index in [4.69, 9.17) is 0 Å². The lowest BCUT2D eigenvalue weighted by Crippen LogP contribution is -2.53. The van der Waals surface area contributed by atoms with Crippen molar-refractivity contribution in [2.75, 3.05) is 0 Å². The average molecular weight is 255 g/mol. The highest BCUT2D eigenvalue weighted by molar-refractivity contribution is 5.18. The highest BCUT2D eigenvalue weighted by Gasteiger charge is 2.46. The van der Waals surface area contributed by atoms with Crippen LogP contribution in [-0.2, 0) is 0 Å². The lowest BCUT2D eigenvalue weighted by Gasteiger charge is -2.36. The number of rotatable bonds is 3. The van der Waals surface area contributed by atoms with Crippen LogP contribution in [0.5, 0.6) is 0 Å². The molecular weight excluding hydrogens is 236 g/mol. The first-order valence-corrected chi connectivity index (χ1v) is 6.37. The van der Waals surface area contributed by atoms with E-state index in [9.17, 15) is 13.9 Å². The van der Waals surface area contributed by atoms with E-state index in [-0.39, 0.29) is 12.5 Å². The van der Waals surface area contributed by atoms with E-state index in [1.54, 1.807) is 0 Å². The van der Waals surface area contributed by atoms with E-state index >= 15 is 0 Å². The van der Waals surface area contributed by atoms with Crippen molar-refractivity contribution in [3.05, 3.63) is 35.9 Å². The molecule has 3 atom stereocenters. The summed E-state index contributed by atoms with van der Waals surface area (Å²) in [4.78, 5) is 0. The smallest absolute Gasteiger partial charge is 0.274 e. The Morgan fingerprint density at radius 1 is 1.33 bits per heavy atom. The Morgan fingerprint density at radius 2 is 2.00 bits per heavy atom. The summed E-state index contributed by atoms with van der Waals surface area (Å²) in [6.45, 7) is 1.93. The van der Waals surface area contributed by atoms with Crippen LogP contribution < -0.4 is 5.32 Å². The minimum absolute atomic E-state index is 0.0419. The van der Waals surface area contributed by atoms with Crippen molar-refractivity contribution in [3.8, 4) is 0 Å². The largest absolute Gasteiger partial charge is 0.385 e. The second-order valence-electron chi connectivity index (χ2n) is 5.00. The predicted molar refractivity (Wildman–Crippen MR) is 66.6 cm³/mol. The van der Waals surface area contributed by atoms with Crippen LogP contribution in [0.15, 0.2) is 30.3 Å². The van der Waals surface area contributed by atoms with Crippen molar-refractivity contribution in [1.29, 1.82) is 0 Å². The topological polar surface area (TPSA) is 32.3 Å². The molecule has 100 valence electrons. The summed E-state index contributed by atoms with van der Waals surface area (Å²) >= 11 is 0. The fraction of sp³-hybridized carbons (Fsp3) is 0.571. The SMILES string of the molecule is C[C@H](N[C@@H]1CCCC(F)(F)[C@H]1O)c1ccccc1. The first-order valence-electron chi connectivity index (χ1n) is 6.37. The molecule has 0 heterocycles. The third-order valence-corrected chi connectivity index (χ3v) is 3.60. The molecule has 0 radical (unpaired) electrons. The van der Waals surface area contributed by atoms with Gasteiger partial charge in [0, 0.05) is 18.5 Å². The van der Waals surface area contributed by atoms with Gasteiger partial charge < -0.3 is 10.4 Å². The number of benzene rings is 1. The Bertz CT molecular complexity index is 383. The Labute approximate surface area is 106 Å². The standard InChI is InChI=1S/C14H19F2NO/c1-10(11-6-3-2-4-7-11)17-12-8-5-9-14(15,16)13(12)18/h2-4,6-7,10,12-13,17-18H,5,8-9H2,1H3/t10-,12+,13-/m0/s1. The van der Waals surface area contributed by atoms with Gasteiger partial charge in [0.2, 0.25) is 0 Å². The van der Waals surface area contributed by atoms with Crippen molar-refractivity contribution in [2.24, 2.45) is 0 Å². The molecule has 2 N–H and O–H groups in total. The number of hydrogen-bond acceptors (Lipinski definition) is 2. The highest BCUT2D eigenvalue weighted by atomic mass is 19.3. The normalized spacial score (nSPS) is 28.9. The van der Waals surface area contributed by atoms with Crippen LogP contribution in [-0.4, -0.2) is 23.2 Å². The van der Waals surface area contributed by atoms with Gasteiger partial charge in [0.05, 0.1) is 0 Å². The highest BCUT2D eigenvalue weighted by Crippen LogP contribution is 2.34. The minimum atomic E-state index is -2.97. The first-order chi connectivity index (χ1) is 8.50. The zero-order valence-corrected chi connectivity index (χ0v) is 10.4. The number of nitrogens with one attached hydrogen (secondary N) is 1. The van der Waals surface area contributed by atoms with Crippen molar-refractivity contribution in [1.82, 2.24) is 5.32 Å².